The van der Waals surface area contributed by atoms with E-state index < -0.39 is 39.2 Å². The highest BCUT2D eigenvalue weighted by atomic mass is 32.2. The molecule has 2 aromatic carbocycles. The Morgan fingerprint density at radius 3 is 2.38 bits per heavy atom. The molecular weight excluding hydrogens is 458 g/mol. The van der Waals surface area contributed by atoms with Gasteiger partial charge in [-0.2, -0.15) is 0 Å². The summed E-state index contributed by atoms with van der Waals surface area (Å²) in [5.41, 5.74) is 0.890. The van der Waals surface area contributed by atoms with Crippen molar-refractivity contribution >= 4 is 44.9 Å². The predicted octanol–water partition coefficient (Wildman–Crippen LogP) is 2.11. The molecule has 0 bridgehead atoms. The van der Waals surface area contributed by atoms with Crippen molar-refractivity contribution in [2.75, 3.05) is 33.8 Å². The van der Waals surface area contributed by atoms with E-state index in [2.05, 4.69) is 25.6 Å². The lowest BCUT2D eigenvalue weighted by Crippen LogP contribution is -2.40. The normalized spacial score (nSPS) is 20.4. The number of hydrogen-bond acceptors (Lipinski definition) is 6. The number of carbonyl (C=O) groups is 3. The van der Waals surface area contributed by atoms with Crippen LogP contribution in [0.15, 0.2) is 48.5 Å². The van der Waals surface area contributed by atoms with Gasteiger partial charge in [0.1, 0.15) is 11.3 Å². The van der Waals surface area contributed by atoms with Crippen molar-refractivity contribution in [1.29, 1.82) is 0 Å². The molecule has 34 heavy (non-hydrogen) atoms. The lowest BCUT2D eigenvalue weighted by Gasteiger charge is -2.28. The van der Waals surface area contributed by atoms with Crippen LogP contribution in [0, 0.1) is 0 Å². The van der Waals surface area contributed by atoms with E-state index in [1.807, 2.05) is 12.1 Å². The Balaban J connectivity index is 1.37. The van der Waals surface area contributed by atoms with Crippen molar-refractivity contribution in [3.8, 4) is 0 Å². The van der Waals surface area contributed by atoms with Crippen LogP contribution in [0.25, 0.3) is 0 Å². The molecule has 2 fully saturated rings. The van der Waals surface area contributed by atoms with Gasteiger partial charge in [0.15, 0.2) is 0 Å². The molecule has 1 unspecified atom stereocenters. The molecule has 4 N–H and O–H groups in total. The van der Waals surface area contributed by atoms with Gasteiger partial charge in [-0.1, -0.05) is 12.1 Å². The van der Waals surface area contributed by atoms with Crippen LogP contribution in [-0.2, 0) is 25.2 Å². The Bertz CT molecular complexity index is 1210. The van der Waals surface area contributed by atoms with Crippen LogP contribution in [0.5, 0.6) is 0 Å². The summed E-state index contributed by atoms with van der Waals surface area (Å²) in [7, 11) is -3.94. The third-order valence-electron chi connectivity index (χ3n) is 5.95. The summed E-state index contributed by atoms with van der Waals surface area (Å²) in [5, 5.41) is 7.26. The topological polar surface area (TPSA) is 137 Å². The van der Waals surface area contributed by atoms with Gasteiger partial charge in [0.25, 0.3) is 5.91 Å². The molecule has 0 aromatic heterocycles. The number of imide groups is 1. The number of rotatable bonds is 7. The van der Waals surface area contributed by atoms with Gasteiger partial charge < -0.3 is 15.5 Å². The summed E-state index contributed by atoms with van der Waals surface area (Å²) in [6.07, 6.45) is 3.52. The molecule has 2 aliphatic rings. The zero-order chi connectivity index (χ0) is 24.3. The second-order valence-corrected chi connectivity index (χ2v) is 10.3. The van der Waals surface area contributed by atoms with E-state index in [1.54, 1.807) is 37.3 Å². The number of urea groups is 1. The summed E-state index contributed by atoms with van der Waals surface area (Å²) in [4.78, 5) is 38.4. The Labute approximate surface area is 198 Å². The van der Waals surface area contributed by atoms with Gasteiger partial charge >= 0.3 is 6.03 Å². The summed E-state index contributed by atoms with van der Waals surface area (Å²) < 4.78 is 27.5. The van der Waals surface area contributed by atoms with E-state index in [4.69, 9.17) is 0 Å². The van der Waals surface area contributed by atoms with Gasteiger partial charge in [-0.25, -0.2) is 13.2 Å². The average molecular weight is 486 g/mol. The standard InChI is InChI=1S/C23H27N5O5S/c1-23(21(30)25-22(31)26-23)16-6-5-7-18(14-16)24-20(29)15-34(32,33)27-17-8-10-19(11-9-17)28-12-3-2-4-13-28/h5-11,14,27H,2-4,12-13,15H2,1H3,(H,24,29)(H2,25,26,30,31). The highest BCUT2D eigenvalue weighted by Crippen LogP contribution is 2.27. The zero-order valence-electron chi connectivity index (χ0n) is 18.8. The van der Waals surface area contributed by atoms with E-state index in [0.29, 0.717) is 16.9 Å². The minimum Gasteiger partial charge on any atom is -0.372 e. The molecular formula is C23H27N5O5S. The number of hydrogen-bond donors (Lipinski definition) is 4. The van der Waals surface area contributed by atoms with Gasteiger partial charge in [0.2, 0.25) is 15.9 Å². The molecule has 0 spiro atoms. The molecule has 4 amide bonds. The highest BCUT2D eigenvalue weighted by Gasteiger charge is 2.43. The van der Waals surface area contributed by atoms with Crippen LogP contribution in [0.2, 0.25) is 0 Å². The van der Waals surface area contributed by atoms with E-state index in [0.717, 1.165) is 31.6 Å². The molecule has 1 atom stereocenters. The summed E-state index contributed by atoms with van der Waals surface area (Å²) in [5.74, 6) is -2.03. The van der Waals surface area contributed by atoms with Crippen molar-refractivity contribution in [1.82, 2.24) is 10.6 Å². The van der Waals surface area contributed by atoms with Crippen LogP contribution in [0.3, 0.4) is 0 Å². The quantitative estimate of drug-likeness (QED) is 0.444. The third-order valence-corrected chi connectivity index (χ3v) is 7.14. The second kappa shape index (κ2) is 9.34. The minimum atomic E-state index is -3.94. The number of sulfonamides is 1. The predicted molar refractivity (Wildman–Crippen MR) is 129 cm³/mol. The van der Waals surface area contributed by atoms with Gasteiger partial charge in [0.05, 0.1) is 0 Å². The van der Waals surface area contributed by atoms with Crippen LogP contribution >= 0.6 is 0 Å². The first-order valence-electron chi connectivity index (χ1n) is 11.0. The fourth-order valence-corrected chi connectivity index (χ4v) is 5.12. The second-order valence-electron chi connectivity index (χ2n) is 8.62. The van der Waals surface area contributed by atoms with Crippen molar-refractivity contribution < 1.29 is 22.8 Å². The molecule has 2 aromatic rings. The molecule has 0 aliphatic carbocycles. The number of piperidine rings is 1. The maximum absolute atomic E-state index is 12.5. The number of benzene rings is 2. The third kappa shape index (κ3) is 5.30. The van der Waals surface area contributed by atoms with Crippen LogP contribution in [-0.4, -0.2) is 45.1 Å². The first-order valence-corrected chi connectivity index (χ1v) is 12.7. The zero-order valence-corrected chi connectivity index (χ0v) is 19.6. The van der Waals surface area contributed by atoms with E-state index in [9.17, 15) is 22.8 Å². The van der Waals surface area contributed by atoms with Crippen molar-refractivity contribution in [3.63, 3.8) is 0 Å². The highest BCUT2D eigenvalue weighted by molar-refractivity contribution is 7.93. The van der Waals surface area contributed by atoms with Crippen molar-refractivity contribution in [2.24, 2.45) is 0 Å². The number of anilines is 3. The smallest absolute Gasteiger partial charge is 0.322 e. The van der Waals surface area contributed by atoms with E-state index in [-0.39, 0.29) is 0 Å². The first-order chi connectivity index (χ1) is 16.1. The number of nitrogens with zero attached hydrogens (tertiary/aromatic N) is 1. The van der Waals surface area contributed by atoms with Crippen LogP contribution in [0.1, 0.15) is 31.7 Å². The molecule has 2 heterocycles. The van der Waals surface area contributed by atoms with Crippen molar-refractivity contribution in [2.45, 2.75) is 31.7 Å². The Morgan fingerprint density at radius 1 is 1.03 bits per heavy atom. The molecule has 0 saturated carbocycles. The van der Waals surface area contributed by atoms with Crippen LogP contribution in [0.4, 0.5) is 21.9 Å². The van der Waals surface area contributed by atoms with Crippen molar-refractivity contribution in [3.05, 3.63) is 54.1 Å². The average Bonchev–Trinajstić information content (AvgIpc) is 3.06. The maximum atomic E-state index is 12.5. The molecule has 11 heteroatoms. The van der Waals surface area contributed by atoms with Gasteiger partial charge in [-0.3, -0.25) is 19.6 Å². The molecule has 0 radical (unpaired) electrons. The Hall–Kier alpha value is -3.60. The van der Waals surface area contributed by atoms with Gasteiger partial charge in [0, 0.05) is 30.2 Å². The lowest BCUT2D eigenvalue weighted by atomic mass is 9.92. The number of nitrogens with one attached hydrogen (secondary N) is 4. The largest absolute Gasteiger partial charge is 0.372 e. The number of carbonyl (C=O) groups excluding carboxylic acids is 3. The lowest BCUT2D eigenvalue weighted by molar-refractivity contribution is -0.123. The van der Waals surface area contributed by atoms with E-state index >= 15 is 0 Å². The fraction of sp³-hybridized carbons (Fsp3) is 0.348. The first kappa shape index (κ1) is 23.6. The molecule has 2 saturated heterocycles. The molecule has 180 valence electrons. The Morgan fingerprint density at radius 2 is 1.74 bits per heavy atom. The number of amides is 4. The maximum Gasteiger partial charge on any atom is 0.322 e. The fourth-order valence-electron chi connectivity index (χ4n) is 4.13. The minimum absolute atomic E-state index is 0.304. The molecule has 10 nitrogen and oxygen atoms in total. The van der Waals surface area contributed by atoms with E-state index in [1.165, 1.54) is 12.5 Å². The summed E-state index contributed by atoms with van der Waals surface area (Å²) in [6, 6.07) is 12.8. The summed E-state index contributed by atoms with van der Waals surface area (Å²) >= 11 is 0. The molecule has 2 aliphatic heterocycles. The van der Waals surface area contributed by atoms with Gasteiger partial charge in [-0.05, 0) is 68.1 Å². The van der Waals surface area contributed by atoms with Crippen LogP contribution < -0.4 is 25.6 Å². The summed E-state index contributed by atoms with van der Waals surface area (Å²) in [6.45, 7) is 3.52. The SMILES string of the molecule is CC1(c2cccc(NC(=O)CS(=O)(=O)Nc3ccc(N4CCCCC4)cc3)c2)NC(=O)NC1=O. The van der Waals surface area contributed by atoms with Gasteiger partial charge in [-0.15, -0.1) is 0 Å². The monoisotopic (exact) mass is 485 g/mol. The molecule has 4 rings (SSSR count). The Kier molecular flexibility index (Phi) is 6.47.